The predicted octanol–water partition coefficient (Wildman–Crippen LogP) is 1.10. The quantitative estimate of drug-likeness (QED) is 0.815. The number of rotatable bonds is 1. The molecule has 4 heteroatoms. The van der Waals surface area contributed by atoms with Gasteiger partial charge in [-0.2, -0.15) is 5.26 Å². The Balaban J connectivity index is 1.69. The lowest BCUT2D eigenvalue weighted by molar-refractivity contribution is 0.533. The first kappa shape index (κ1) is 11.2. The fourth-order valence-corrected chi connectivity index (χ4v) is 3.81. The van der Waals surface area contributed by atoms with Crippen LogP contribution >= 0.6 is 0 Å². The maximum absolute atomic E-state index is 9.38. The molecule has 1 aromatic rings. The molecule has 2 aliphatic heterocycles. The summed E-state index contributed by atoms with van der Waals surface area (Å²) in [7, 11) is 0. The minimum Gasteiger partial charge on any atom is -0.355 e. The number of pyridine rings is 1. The second-order valence-corrected chi connectivity index (χ2v) is 6.01. The van der Waals surface area contributed by atoms with Crippen LogP contribution < -0.4 is 10.2 Å². The molecule has 1 N–H and O–H groups in total. The molecule has 0 amide bonds. The smallest absolute Gasteiger partial charge is 0.146 e. The monoisotopic (exact) mass is 254 g/mol. The fourth-order valence-electron chi connectivity index (χ4n) is 3.81. The van der Waals surface area contributed by atoms with Crippen molar-refractivity contribution < 1.29 is 0 Å². The number of aromatic nitrogens is 1. The molecule has 0 saturated carbocycles. The van der Waals surface area contributed by atoms with Gasteiger partial charge in [-0.1, -0.05) is 0 Å². The van der Waals surface area contributed by atoms with Gasteiger partial charge in [0.25, 0.3) is 0 Å². The maximum atomic E-state index is 9.38. The van der Waals surface area contributed by atoms with E-state index in [1.54, 1.807) is 0 Å². The Morgan fingerprint density at radius 2 is 2.05 bits per heavy atom. The summed E-state index contributed by atoms with van der Waals surface area (Å²) in [6.45, 7) is 4.35. The van der Waals surface area contributed by atoms with Crippen LogP contribution in [0.25, 0.3) is 0 Å². The minimum absolute atomic E-state index is 0.738. The molecule has 2 saturated heterocycles. The molecule has 0 spiro atoms. The third kappa shape index (κ3) is 1.73. The Morgan fingerprint density at radius 3 is 2.79 bits per heavy atom. The molecule has 0 aromatic carbocycles. The summed E-state index contributed by atoms with van der Waals surface area (Å²) in [6.07, 6.45) is 3.36. The molecule has 3 aliphatic rings. The Bertz CT molecular complexity index is 548. The van der Waals surface area contributed by atoms with Gasteiger partial charge in [-0.3, -0.25) is 0 Å². The van der Waals surface area contributed by atoms with Gasteiger partial charge in [0, 0.05) is 31.9 Å². The first-order valence-corrected chi connectivity index (χ1v) is 7.23. The average molecular weight is 254 g/mol. The lowest BCUT2D eigenvalue weighted by atomic mass is 10.0. The van der Waals surface area contributed by atoms with Crippen molar-refractivity contribution in [2.75, 3.05) is 31.1 Å². The average Bonchev–Trinajstić information content (AvgIpc) is 3.11. The van der Waals surface area contributed by atoms with Crippen LogP contribution in [0.15, 0.2) is 6.07 Å². The molecule has 0 bridgehead atoms. The molecule has 0 radical (unpaired) electrons. The number of anilines is 1. The third-order valence-electron chi connectivity index (χ3n) is 4.84. The topological polar surface area (TPSA) is 52.0 Å². The van der Waals surface area contributed by atoms with Gasteiger partial charge < -0.3 is 10.2 Å². The van der Waals surface area contributed by atoms with E-state index in [0.717, 1.165) is 62.2 Å². The number of nitrogens with zero attached hydrogens (tertiary/aromatic N) is 3. The van der Waals surface area contributed by atoms with Gasteiger partial charge in [-0.05, 0) is 42.7 Å². The first-order chi connectivity index (χ1) is 9.35. The van der Waals surface area contributed by atoms with Gasteiger partial charge in [0.05, 0.1) is 5.56 Å². The molecule has 98 valence electrons. The van der Waals surface area contributed by atoms with E-state index in [2.05, 4.69) is 22.4 Å². The summed E-state index contributed by atoms with van der Waals surface area (Å²) in [5.41, 5.74) is 3.29. The molecular weight excluding hydrogens is 236 g/mol. The van der Waals surface area contributed by atoms with E-state index >= 15 is 0 Å². The number of nitrogens with one attached hydrogen (secondary N) is 1. The van der Waals surface area contributed by atoms with E-state index in [-0.39, 0.29) is 0 Å². The molecule has 3 heterocycles. The molecule has 4 rings (SSSR count). The van der Waals surface area contributed by atoms with Crippen molar-refractivity contribution in [3.63, 3.8) is 0 Å². The van der Waals surface area contributed by atoms with Crippen LogP contribution in [0.1, 0.15) is 23.2 Å². The summed E-state index contributed by atoms with van der Waals surface area (Å²) >= 11 is 0. The third-order valence-corrected chi connectivity index (χ3v) is 4.84. The number of hydrogen-bond acceptors (Lipinski definition) is 4. The summed E-state index contributed by atoms with van der Waals surface area (Å²) in [5.74, 6) is 2.42. The summed E-state index contributed by atoms with van der Waals surface area (Å²) in [4.78, 5) is 7.16. The van der Waals surface area contributed by atoms with Gasteiger partial charge >= 0.3 is 0 Å². The predicted molar refractivity (Wildman–Crippen MR) is 73.0 cm³/mol. The van der Waals surface area contributed by atoms with Crippen molar-refractivity contribution in [1.82, 2.24) is 10.3 Å². The molecule has 1 aromatic heterocycles. The Kier molecular flexibility index (Phi) is 2.49. The van der Waals surface area contributed by atoms with E-state index in [1.165, 1.54) is 17.7 Å². The first-order valence-electron chi connectivity index (χ1n) is 7.23. The zero-order valence-corrected chi connectivity index (χ0v) is 11.0. The van der Waals surface area contributed by atoms with Crippen LogP contribution in [0, 0.1) is 23.2 Å². The lowest BCUT2D eigenvalue weighted by Crippen LogP contribution is -2.27. The molecule has 2 atom stereocenters. The SMILES string of the molecule is N#Cc1cc2c(nc1N1CC3CNCC3C1)CCC2. The Morgan fingerprint density at radius 1 is 1.26 bits per heavy atom. The van der Waals surface area contributed by atoms with Crippen LogP contribution in [0.4, 0.5) is 5.82 Å². The van der Waals surface area contributed by atoms with Gasteiger partial charge in [-0.15, -0.1) is 0 Å². The van der Waals surface area contributed by atoms with Gasteiger partial charge in [0.1, 0.15) is 11.9 Å². The van der Waals surface area contributed by atoms with Gasteiger partial charge in [-0.25, -0.2) is 4.98 Å². The minimum atomic E-state index is 0.738. The highest BCUT2D eigenvalue weighted by molar-refractivity contribution is 5.57. The highest BCUT2D eigenvalue weighted by Gasteiger charge is 2.37. The molecule has 2 fully saturated rings. The lowest BCUT2D eigenvalue weighted by Gasteiger charge is -2.20. The molecule has 1 aliphatic carbocycles. The molecule has 4 nitrogen and oxygen atoms in total. The van der Waals surface area contributed by atoms with Gasteiger partial charge in [0.15, 0.2) is 0 Å². The Labute approximate surface area is 113 Å². The normalized spacial score (nSPS) is 28.3. The standard InChI is InChI=1S/C15H18N4/c16-5-11-4-10-2-1-3-14(10)18-15(11)19-8-12-6-17-7-13(12)9-19/h4,12-13,17H,1-3,6-9H2. The van der Waals surface area contributed by atoms with Gasteiger partial charge in [0.2, 0.25) is 0 Å². The maximum Gasteiger partial charge on any atom is 0.146 e. The van der Waals surface area contributed by atoms with E-state index in [4.69, 9.17) is 4.98 Å². The molecule has 19 heavy (non-hydrogen) atoms. The largest absolute Gasteiger partial charge is 0.355 e. The molecular formula is C15H18N4. The van der Waals surface area contributed by atoms with Crippen molar-refractivity contribution in [2.24, 2.45) is 11.8 Å². The zero-order chi connectivity index (χ0) is 12.8. The number of nitriles is 1. The van der Waals surface area contributed by atoms with Crippen molar-refractivity contribution >= 4 is 5.82 Å². The van der Waals surface area contributed by atoms with Crippen LogP contribution in [0.2, 0.25) is 0 Å². The number of aryl methyl sites for hydroxylation is 2. The van der Waals surface area contributed by atoms with Crippen molar-refractivity contribution in [3.8, 4) is 6.07 Å². The van der Waals surface area contributed by atoms with E-state index < -0.39 is 0 Å². The number of fused-ring (bicyclic) bond motifs is 2. The van der Waals surface area contributed by atoms with Crippen molar-refractivity contribution in [2.45, 2.75) is 19.3 Å². The van der Waals surface area contributed by atoms with Crippen molar-refractivity contribution in [1.29, 1.82) is 5.26 Å². The molecule has 2 unspecified atom stereocenters. The second-order valence-electron chi connectivity index (χ2n) is 6.01. The van der Waals surface area contributed by atoms with Crippen molar-refractivity contribution in [3.05, 3.63) is 22.9 Å². The van der Waals surface area contributed by atoms with Crippen LogP contribution in [0.5, 0.6) is 0 Å². The highest BCUT2D eigenvalue weighted by atomic mass is 15.2. The Hall–Kier alpha value is -1.60. The fraction of sp³-hybridized carbons (Fsp3) is 0.600. The highest BCUT2D eigenvalue weighted by Crippen LogP contribution is 2.33. The summed E-state index contributed by atoms with van der Waals surface area (Å²) in [5, 5.41) is 12.8. The van der Waals surface area contributed by atoms with E-state index in [9.17, 15) is 5.26 Å². The van der Waals surface area contributed by atoms with Crippen LogP contribution in [-0.4, -0.2) is 31.2 Å². The van der Waals surface area contributed by atoms with Crippen LogP contribution in [0.3, 0.4) is 0 Å². The summed E-state index contributed by atoms with van der Waals surface area (Å²) in [6, 6.07) is 4.43. The number of hydrogen-bond donors (Lipinski definition) is 1. The summed E-state index contributed by atoms with van der Waals surface area (Å²) < 4.78 is 0. The van der Waals surface area contributed by atoms with Crippen LogP contribution in [-0.2, 0) is 12.8 Å². The van der Waals surface area contributed by atoms with E-state index in [0.29, 0.717) is 0 Å². The second kappa shape index (κ2) is 4.21. The van der Waals surface area contributed by atoms with E-state index in [1.807, 2.05) is 0 Å². The zero-order valence-electron chi connectivity index (χ0n) is 11.0.